The van der Waals surface area contributed by atoms with Gasteiger partial charge in [-0.25, -0.2) is 0 Å². The van der Waals surface area contributed by atoms with Crippen molar-refractivity contribution in [1.29, 1.82) is 0 Å². The molecule has 0 rings (SSSR count). The van der Waals surface area contributed by atoms with Crippen LogP contribution in [-0.2, 0) is 0 Å². The van der Waals surface area contributed by atoms with Crippen molar-refractivity contribution in [3.05, 3.63) is 12.7 Å². The molecule has 116 valence electrons. The first kappa shape index (κ1) is 18.7. The second kappa shape index (κ2) is 14.1. The van der Waals surface area contributed by atoms with Crippen LogP contribution in [0.3, 0.4) is 0 Å². The Bertz CT molecular complexity index is 295. The van der Waals surface area contributed by atoms with E-state index in [1.165, 1.54) is 32.1 Å². The van der Waals surface area contributed by atoms with Gasteiger partial charge >= 0.3 is 0 Å². The van der Waals surface area contributed by atoms with Gasteiger partial charge in [0.25, 0.3) is 0 Å². The Morgan fingerprint density at radius 1 is 0.850 bits per heavy atom. The maximum Gasteiger partial charge on any atom is 0.0832 e. The molecule has 0 heterocycles. The third-order valence-corrected chi connectivity index (χ3v) is 3.48. The van der Waals surface area contributed by atoms with Gasteiger partial charge in [-0.1, -0.05) is 45.1 Å². The molecule has 0 saturated carbocycles. The summed E-state index contributed by atoms with van der Waals surface area (Å²) in [5.74, 6) is 10.9. The van der Waals surface area contributed by atoms with Crippen LogP contribution in [0.25, 0.3) is 0 Å². The predicted molar refractivity (Wildman–Crippen MR) is 89.9 cm³/mol. The molecule has 0 aromatic rings. The van der Waals surface area contributed by atoms with Gasteiger partial charge in [-0.2, -0.15) is 10.2 Å². The molecule has 0 atom stereocenters. The Morgan fingerprint density at radius 3 is 1.85 bits per heavy atom. The molecular formula is C16H32N4. The van der Waals surface area contributed by atoms with Crippen LogP contribution >= 0.6 is 0 Å². The van der Waals surface area contributed by atoms with Crippen molar-refractivity contribution < 1.29 is 0 Å². The summed E-state index contributed by atoms with van der Waals surface area (Å²) in [5.41, 5.74) is 1.76. The van der Waals surface area contributed by atoms with Crippen molar-refractivity contribution in [1.82, 2.24) is 0 Å². The van der Waals surface area contributed by atoms with Gasteiger partial charge in [-0.3, -0.25) is 0 Å². The fourth-order valence-corrected chi connectivity index (χ4v) is 2.20. The van der Waals surface area contributed by atoms with Crippen molar-refractivity contribution in [2.24, 2.45) is 21.9 Å². The van der Waals surface area contributed by atoms with E-state index in [2.05, 4.69) is 23.7 Å². The van der Waals surface area contributed by atoms with Gasteiger partial charge in [-0.05, 0) is 38.5 Å². The fraction of sp³-hybridized carbons (Fsp3) is 0.750. The van der Waals surface area contributed by atoms with E-state index in [0.717, 1.165) is 49.9 Å². The maximum absolute atomic E-state index is 5.46. The van der Waals surface area contributed by atoms with Crippen LogP contribution in [-0.4, -0.2) is 11.4 Å². The highest BCUT2D eigenvalue weighted by Gasteiger charge is 2.08. The van der Waals surface area contributed by atoms with Crippen molar-refractivity contribution >= 4 is 11.4 Å². The van der Waals surface area contributed by atoms with Crippen molar-refractivity contribution in [2.45, 2.75) is 77.6 Å². The van der Waals surface area contributed by atoms with E-state index in [1.807, 2.05) is 6.08 Å². The van der Waals surface area contributed by atoms with Gasteiger partial charge in [-0.15, -0.1) is 6.58 Å². The Hall–Kier alpha value is -1.32. The average Bonchev–Trinajstić information content (AvgIpc) is 2.48. The molecule has 4 heteroatoms. The van der Waals surface area contributed by atoms with Gasteiger partial charge in [0.05, 0.1) is 11.4 Å². The van der Waals surface area contributed by atoms with Gasteiger partial charge in [0.15, 0.2) is 0 Å². The average molecular weight is 280 g/mol. The molecule has 0 aliphatic carbocycles. The summed E-state index contributed by atoms with van der Waals surface area (Å²) >= 11 is 0. The molecule has 4 nitrogen and oxygen atoms in total. The summed E-state index contributed by atoms with van der Waals surface area (Å²) in [4.78, 5) is 0. The lowest BCUT2D eigenvalue weighted by Crippen LogP contribution is -2.18. The summed E-state index contributed by atoms with van der Waals surface area (Å²) in [6.07, 6.45) is 14.6. The van der Waals surface area contributed by atoms with Gasteiger partial charge in [0.1, 0.15) is 0 Å². The number of unbranched alkanes of at least 4 members (excludes halogenated alkanes) is 7. The van der Waals surface area contributed by atoms with Crippen LogP contribution in [0.15, 0.2) is 22.9 Å². The predicted octanol–water partition coefficient (Wildman–Crippen LogP) is 4.11. The second-order valence-electron chi connectivity index (χ2n) is 5.20. The molecule has 0 fully saturated rings. The first-order valence-corrected chi connectivity index (χ1v) is 7.94. The normalized spacial score (nSPS) is 12.7. The van der Waals surface area contributed by atoms with Crippen molar-refractivity contribution in [3.63, 3.8) is 0 Å². The first-order chi connectivity index (χ1) is 9.79. The van der Waals surface area contributed by atoms with E-state index in [0.29, 0.717) is 0 Å². The second-order valence-corrected chi connectivity index (χ2v) is 5.20. The highest BCUT2D eigenvalue weighted by Crippen LogP contribution is 2.10. The molecule has 0 aliphatic rings. The lowest BCUT2D eigenvalue weighted by Gasteiger charge is -2.07. The molecule has 20 heavy (non-hydrogen) atoms. The Kier molecular flexibility index (Phi) is 13.2. The third kappa shape index (κ3) is 9.59. The van der Waals surface area contributed by atoms with Crippen LogP contribution in [0.5, 0.6) is 0 Å². The van der Waals surface area contributed by atoms with Crippen LogP contribution in [0, 0.1) is 0 Å². The number of rotatable bonds is 13. The van der Waals surface area contributed by atoms with Crippen LogP contribution in [0.1, 0.15) is 77.6 Å². The zero-order valence-electron chi connectivity index (χ0n) is 13.1. The van der Waals surface area contributed by atoms with Crippen molar-refractivity contribution in [2.75, 3.05) is 0 Å². The summed E-state index contributed by atoms with van der Waals surface area (Å²) in [6.45, 7) is 5.89. The zero-order chi connectivity index (χ0) is 15.1. The number of hydrogen-bond donors (Lipinski definition) is 2. The minimum atomic E-state index is 0.875. The summed E-state index contributed by atoms with van der Waals surface area (Å²) in [5, 5.41) is 7.71. The quantitative estimate of drug-likeness (QED) is 0.175. The standard InChI is InChI=1S/C16H32N4/c1-3-5-7-8-9-10-11-12-14-16(20-18)15(19-17)13-6-4-2/h3H,1,4-14,17-18H2,2H3. The minimum absolute atomic E-state index is 0.875. The Morgan fingerprint density at radius 2 is 1.35 bits per heavy atom. The van der Waals surface area contributed by atoms with E-state index in [-0.39, 0.29) is 0 Å². The molecule has 0 aliphatic heterocycles. The summed E-state index contributed by atoms with van der Waals surface area (Å²) in [7, 11) is 0. The van der Waals surface area contributed by atoms with E-state index < -0.39 is 0 Å². The van der Waals surface area contributed by atoms with Crippen molar-refractivity contribution in [3.8, 4) is 0 Å². The Balaban J connectivity index is 3.77. The smallest absolute Gasteiger partial charge is 0.0832 e. The lowest BCUT2D eigenvalue weighted by molar-refractivity contribution is 0.604. The van der Waals surface area contributed by atoms with E-state index in [4.69, 9.17) is 11.7 Å². The zero-order valence-corrected chi connectivity index (χ0v) is 13.1. The fourth-order valence-electron chi connectivity index (χ4n) is 2.20. The number of hydrogen-bond acceptors (Lipinski definition) is 4. The molecule has 0 radical (unpaired) electrons. The van der Waals surface area contributed by atoms with E-state index >= 15 is 0 Å². The van der Waals surface area contributed by atoms with E-state index in [1.54, 1.807) is 0 Å². The number of allylic oxidation sites excluding steroid dienone is 1. The first-order valence-electron chi connectivity index (χ1n) is 7.94. The molecule has 0 saturated heterocycles. The topological polar surface area (TPSA) is 76.8 Å². The molecule has 0 aromatic carbocycles. The third-order valence-electron chi connectivity index (χ3n) is 3.48. The van der Waals surface area contributed by atoms with Gasteiger partial charge in [0.2, 0.25) is 0 Å². The SMILES string of the molecule is C=CCCCCCCCCC(=NN)C(CCCC)=NN. The molecule has 0 spiro atoms. The number of nitrogens with zero attached hydrogens (tertiary/aromatic N) is 2. The van der Waals surface area contributed by atoms with Gasteiger partial charge in [0, 0.05) is 0 Å². The summed E-state index contributed by atoms with van der Waals surface area (Å²) in [6, 6.07) is 0. The molecular weight excluding hydrogens is 248 g/mol. The molecule has 0 amide bonds. The maximum atomic E-state index is 5.46. The molecule has 0 aromatic heterocycles. The highest BCUT2D eigenvalue weighted by molar-refractivity contribution is 6.42. The van der Waals surface area contributed by atoms with Gasteiger partial charge < -0.3 is 11.7 Å². The van der Waals surface area contributed by atoms with Crippen LogP contribution in [0.4, 0.5) is 0 Å². The number of hydrazone groups is 2. The Labute approximate surface area is 124 Å². The number of nitrogens with two attached hydrogens (primary N) is 2. The highest BCUT2D eigenvalue weighted by atomic mass is 15.2. The van der Waals surface area contributed by atoms with E-state index in [9.17, 15) is 0 Å². The molecule has 0 bridgehead atoms. The summed E-state index contributed by atoms with van der Waals surface area (Å²) < 4.78 is 0. The molecule has 4 N–H and O–H groups in total. The minimum Gasteiger partial charge on any atom is -0.323 e. The monoisotopic (exact) mass is 280 g/mol. The lowest BCUT2D eigenvalue weighted by atomic mass is 10.0. The largest absolute Gasteiger partial charge is 0.323 e. The molecule has 0 unspecified atom stereocenters. The van der Waals surface area contributed by atoms with Crippen LogP contribution < -0.4 is 11.7 Å². The van der Waals surface area contributed by atoms with Crippen LogP contribution in [0.2, 0.25) is 0 Å².